The highest BCUT2D eigenvalue weighted by atomic mass is 16.8. The Balaban J connectivity index is 3.74. The van der Waals surface area contributed by atoms with Gasteiger partial charge in [0.05, 0.1) is 12.5 Å². The smallest absolute Gasteiger partial charge is 0.434 e. The zero-order valence-electron chi connectivity index (χ0n) is 11.5. The average molecular weight is 258 g/mol. The van der Waals surface area contributed by atoms with E-state index in [4.69, 9.17) is 14.2 Å². The van der Waals surface area contributed by atoms with E-state index in [1.54, 1.807) is 13.8 Å². The summed E-state index contributed by atoms with van der Waals surface area (Å²) in [6.07, 6.45) is 3.75. The fourth-order valence-electron chi connectivity index (χ4n) is 0.988. The van der Waals surface area contributed by atoms with Gasteiger partial charge in [-0.25, -0.2) is 4.79 Å². The van der Waals surface area contributed by atoms with Crippen LogP contribution in [0.15, 0.2) is 12.2 Å². The van der Waals surface area contributed by atoms with E-state index < -0.39 is 18.4 Å². The minimum absolute atomic E-state index is 0.250. The van der Waals surface area contributed by atoms with Crippen LogP contribution < -0.4 is 0 Å². The van der Waals surface area contributed by atoms with Gasteiger partial charge in [-0.05, 0) is 12.8 Å². The minimum Gasteiger partial charge on any atom is -0.434 e. The maximum atomic E-state index is 11.2. The summed E-state index contributed by atoms with van der Waals surface area (Å²) in [5, 5.41) is 0. The van der Waals surface area contributed by atoms with Crippen LogP contribution in [0.1, 0.15) is 40.5 Å². The molecule has 5 nitrogen and oxygen atoms in total. The predicted molar refractivity (Wildman–Crippen MR) is 66.9 cm³/mol. The van der Waals surface area contributed by atoms with Crippen molar-refractivity contribution < 1.29 is 23.8 Å². The van der Waals surface area contributed by atoms with E-state index in [9.17, 15) is 9.59 Å². The Kier molecular flexibility index (Phi) is 8.70. The van der Waals surface area contributed by atoms with E-state index in [1.165, 1.54) is 6.92 Å². The molecular weight excluding hydrogens is 236 g/mol. The third kappa shape index (κ3) is 8.61. The summed E-state index contributed by atoms with van der Waals surface area (Å²) in [6.45, 7) is 7.15. The van der Waals surface area contributed by atoms with Crippen LogP contribution in [0.4, 0.5) is 4.79 Å². The molecule has 0 fully saturated rings. The fraction of sp³-hybridized carbons (Fsp3) is 0.692. The molecule has 0 saturated heterocycles. The monoisotopic (exact) mass is 258 g/mol. The van der Waals surface area contributed by atoms with Crippen molar-refractivity contribution in [1.29, 1.82) is 0 Å². The molecule has 1 atom stereocenters. The third-order valence-electron chi connectivity index (χ3n) is 1.92. The highest BCUT2D eigenvalue weighted by molar-refractivity contribution is 5.71. The highest BCUT2D eigenvalue weighted by Crippen LogP contribution is 2.03. The van der Waals surface area contributed by atoms with E-state index >= 15 is 0 Å². The number of hydrogen-bond acceptors (Lipinski definition) is 5. The molecule has 18 heavy (non-hydrogen) atoms. The Labute approximate surface area is 108 Å². The molecule has 0 bridgehead atoms. The Morgan fingerprint density at radius 2 is 1.78 bits per heavy atom. The standard InChI is InChI=1S/C13H22O5/c1-5-6-7-8-9-16-13(15)18-11(4)17-12(14)10(2)3/h6-7,10-11H,5,8-9H2,1-4H3/b7-6+. The van der Waals surface area contributed by atoms with Crippen molar-refractivity contribution in [1.82, 2.24) is 0 Å². The van der Waals surface area contributed by atoms with Gasteiger partial charge in [-0.3, -0.25) is 4.79 Å². The highest BCUT2D eigenvalue weighted by Gasteiger charge is 2.16. The van der Waals surface area contributed by atoms with Crippen molar-refractivity contribution >= 4 is 12.1 Å². The predicted octanol–water partition coefficient (Wildman–Crippen LogP) is 3.04. The van der Waals surface area contributed by atoms with Crippen LogP contribution in [-0.4, -0.2) is 25.0 Å². The van der Waals surface area contributed by atoms with Gasteiger partial charge in [0.2, 0.25) is 6.29 Å². The maximum Gasteiger partial charge on any atom is 0.511 e. The number of ether oxygens (including phenoxy) is 3. The maximum absolute atomic E-state index is 11.2. The van der Waals surface area contributed by atoms with Crippen molar-refractivity contribution in [2.24, 2.45) is 5.92 Å². The number of carbonyl (C=O) groups is 2. The molecule has 0 N–H and O–H groups in total. The Bertz CT molecular complexity index is 283. The van der Waals surface area contributed by atoms with Gasteiger partial charge >= 0.3 is 12.1 Å². The molecular formula is C13H22O5. The molecule has 0 amide bonds. The third-order valence-corrected chi connectivity index (χ3v) is 1.92. The van der Waals surface area contributed by atoms with Gasteiger partial charge in [-0.15, -0.1) is 0 Å². The van der Waals surface area contributed by atoms with E-state index in [0.29, 0.717) is 6.42 Å². The zero-order chi connectivity index (χ0) is 14.0. The second-order valence-electron chi connectivity index (χ2n) is 4.04. The quantitative estimate of drug-likeness (QED) is 0.304. The molecule has 1 unspecified atom stereocenters. The summed E-state index contributed by atoms with van der Waals surface area (Å²) >= 11 is 0. The number of allylic oxidation sites excluding steroid dienone is 1. The first-order chi connectivity index (χ1) is 8.47. The second kappa shape index (κ2) is 9.50. The topological polar surface area (TPSA) is 61.8 Å². The van der Waals surface area contributed by atoms with E-state index in [-0.39, 0.29) is 12.5 Å². The first-order valence-corrected chi connectivity index (χ1v) is 6.16. The lowest BCUT2D eigenvalue weighted by Gasteiger charge is -2.14. The van der Waals surface area contributed by atoms with Gasteiger partial charge in [-0.2, -0.15) is 0 Å². The number of rotatable bonds is 7. The van der Waals surface area contributed by atoms with Crippen molar-refractivity contribution in [3.05, 3.63) is 12.2 Å². The first kappa shape index (κ1) is 16.5. The van der Waals surface area contributed by atoms with E-state index in [2.05, 4.69) is 0 Å². The van der Waals surface area contributed by atoms with Gasteiger partial charge in [0.15, 0.2) is 0 Å². The molecule has 0 aromatic rings. The van der Waals surface area contributed by atoms with Crippen LogP contribution in [0.5, 0.6) is 0 Å². The summed E-state index contributed by atoms with van der Waals surface area (Å²) in [4.78, 5) is 22.4. The minimum atomic E-state index is -0.932. The molecule has 104 valence electrons. The largest absolute Gasteiger partial charge is 0.511 e. The molecule has 0 aliphatic rings. The van der Waals surface area contributed by atoms with Gasteiger partial charge < -0.3 is 14.2 Å². The van der Waals surface area contributed by atoms with Gasteiger partial charge in [0.1, 0.15) is 0 Å². The Hall–Kier alpha value is -1.52. The lowest BCUT2D eigenvalue weighted by atomic mass is 10.2. The number of hydrogen-bond donors (Lipinski definition) is 0. The van der Waals surface area contributed by atoms with Crippen LogP contribution >= 0.6 is 0 Å². The molecule has 0 radical (unpaired) electrons. The first-order valence-electron chi connectivity index (χ1n) is 6.16. The van der Waals surface area contributed by atoms with Crippen molar-refractivity contribution in [2.45, 2.75) is 46.8 Å². The average Bonchev–Trinajstić information content (AvgIpc) is 2.28. The van der Waals surface area contributed by atoms with Crippen LogP contribution in [0.3, 0.4) is 0 Å². The number of carbonyl (C=O) groups excluding carboxylic acids is 2. The molecule has 0 aromatic heterocycles. The summed E-state index contributed by atoms with van der Waals surface area (Å²) in [5.41, 5.74) is 0. The SMILES string of the molecule is CC/C=C/CCOC(=O)OC(C)OC(=O)C(C)C. The van der Waals surface area contributed by atoms with Crippen LogP contribution in [0, 0.1) is 5.92 Å². The molecule has 0 aliphatic carbocycles. The van der Waals surface area contributed by atoms with Crippen molar-refractivity contribution in [3.8, 4) is 0 Å². The van der Waals surface area contributed by atoms with Crippen LogP contribution in [-0.2, 0) is 19.0 Å². The summed E-state index contributed by atoms with van der Waals surface area (Å²) < 4.78 is 14.4. The Morgan fingerprint density at radius 1 is 1.11 bits per heavy atom. The lowest BCUT2D eigenvalue weighted by Crippen LogP contribution is -2.24. The lowest BCUT2D eigenvalue weighted by molar-refractivity contribution is -0.171. The molecule has 0 aliphatic heterocycles. The molecule has 0 spiro atoms. The van der Waals surface area contributed by atoms with Crippen LogP contribution in [0.25, 0.3) is 0 Å². The Morgan fingerprint density at radius 3 is 2.33 bits per heavy atom. The summed E-state index contributed by atoms with van der Waals surface area (Å²) in [6, 6.07) is 0. The number of esters is 1. The van der Waals surface area contributed by atoms with Gasteiger partial charge in [0.25, 0.3) is 0 Å². The normalized spacial score (nSPS) is 12.5. The molecule has 5 heteroatoms. The molecule has 0 saturated carbocycles. The van der Waals surface area contributed by atoms with Crippen LogP contribution in [0.2, 0.25) is 0 Å². The van der Waals surface area contributed by atoms with E-state index in [1.807, 2.05) is 19.1 Å². The molecule has 0 heterocycles. The zero-order valence-corrected chi connectivity index (χ0v) is 11.5. The molecule has 0 rings (SSSR count). The second-order valence-corrected chi connectivity index (χ2v) is 4.04. The van der Waals surface area contributed by atoms with Gasteiger partial charge in [0, 0.05) is 6.92 Å². The summed E-state index contributed by atoms with van der Waals surface area (Å²) in [7, 11) is 0. The fourth-order valence-corrected chi connectivity index (χ4v) is 0.988. The summed E-state index contributed by atoms with van der Waals surface area (Å²) in [5.74, 6) is -0.674. The molecule has 0 aromatic carbocycles. The van der Waals surface area contributed by atoms with Crippen molar-refractivity contribution in [2.75, 3.05) is 6.61 Å². The van der Waals surface area contributed by atoms with Gasteiger partial charge in [-0.1, -0.05) is 32.9 Å². The van der Waals surface area contributed by atoms with Crippen molar-refractivity contribution in [3.63, 3.8) is 0 Å². The van der Waals surface area contributed by atoms with E-state index in [0.717, 1.165) is 6.42 Å².